The molecule has 14 heavy (non-hydrogen) atoms. The van der Waals surface area contributed by atoms with E-state index in [9.17, 15) is 4.79 Å². The minimum absolute atomic E-state index is 0.641. The number of rotatable bonds is 2. The number of allylic oxidation sites excluding steroid dienone is 1. The SMILES string of the molecule is CC1=CN(c2cccc(C=O)c2)NO1. The van der Waals surface area contributed by atoms with Crippen molar-refractivity contribution in [2.75, 3.05) is 5.01 Å². The van der Waals surface area contributed by atoms with Gasteiger partial charge < -0.3 is 4.84 Å². The molecule has 1 aromatic rings. The molecule has 0 atom stereocenters. The molecule has 0 saturated carbocycles. The maximum absolute atomic E-state index is 10.6. The molecule has 0 aliphatic carbocycles. The first kappa shape index (κ1) is 8.77. The summed E-state index contributed by atoms with van der Waals surface area (Å²) in [5.74, 6) is 0.779. The molecular formula is C10H10N2O2. The number of nitrogens with one attached hydrogen (secondary N) is 1. The van der Waals surface area contributed by atoms with Gasteiger partial charge in [0.25, 0.3) is 0 Å². The second-order valence-corrected chi connectivity index (χ2v) is 3.02. The summed E-state index contributed by atoms with van der Waals surface area (Å²) < 4.78 is 0. The molecule has 0 aromatic heterocycles. The van der Waals surface area contributed by atoms with Crippen molar-refractivity contribution in [3.8, 4) is 0 Å². The number of hydrazine groups is 1. The van der Waals surface area contributed by atoms with Crippen LogP contribution in [0.3, 0.4) is 0 Å². The van der Waals surface area contributed by atoms with Crippen molar-refractivity contribution >= 4 is 12.0 Å². The average molecular weight is 190 g/mol. The van der Waals surface area contributed by atoms with Gasteiger partial charge in [0.2, 0.25) is 0 Å². The topological polar surface area (TPSA) is 41.6 Å². The molecular weight excluding hydrogens is 180 g/mol. The molecule has 1 aliphatic heterocycles. The lowest BCUT2D eigenvalue weighted by atomic mass is 10.2. The molecule has 0 fully saturated rings. The zero-order valence-electron chi connectivity index (χ0n) is 7.73. The van der Waals surface area contributed by atoms with Crippen LogP contribution >= 0.6 is 0 Å². The Kier molecular flexibility index (Phi) is 2.20. The van der Waals surface area contributed by atoms with Crippen LogP contribution in [0.1, 0.15) is 17.3 Å². The molecule has 4 heteroatoms. The Morgan fingerprint density at radius 2 is 2.36 bits per heavy atom. The third kappa shape index (κ3) is 1.60. The summed E-state index contributed by atoms with van der Waals surface area (Å²) in [6.45, 7) is 1.84. The maximum atomic E-state index is 10.6. The fraction of sp³-hybridized carbons (Fsp3) is 0.100. The molecule has 1 heterocycles. The highest BCUT2D eigenvalue weighted by molar-refractivity contribution is 5.77. The first-order chi connectivity index (χ1) is 6.79. The van der Waals surface area contributed by atoms with Crippen LogP contribution in [0.15, 0.2) is 36.2 Å². The van der Waals surface area contributed by atoms with Crippen LogP contribution in [0.2, 0.25) is 0 Å². The Morgan fingerprint density at radius 1 is 1.50 bits per heavy atom. The molecule has 72 valence electrons. The summed E-state index contributed by atoms with van der Waals surface area (Å²) in [5, 5.41) is 1.71. The quantitative estimate of drug-likeness (QED) is 0.719. The van der Waals surface area contributed by atoms with Crippen molar-refractivity contribution in [3.63, 3.8) is 0 Å². The zero-order valence-corrected chi connectivity index (χ0v) is 7.73. The molecule has 4 nitrogen and oxygen atoms in total. The number of carbonyl (C=O) groups is 1. The highest BCUT2D eigenvalue weighted by Gasteiger charge is 2.11. The predicted octanol–water partition coefficient (Wildman–Crippen LogP) is 1.62. The van der Waals surface area contributed by atoms with Gasteiger partial charge in [0.05, 0.1) is 11.9 Å². The smallest absolute Gasteiger partial charge is 0.150 e. The fourth-order valence-electron chi connectivity index (χ4n) is 1.23. The van der Waals surface area contributed by atoms with E-state index >= 15 is 0 Å². The van der Waals surface area contributed by atoms with Gasteiger partial charge in [-0.25, -0.2) is 5.01 Å². The summed E-state index contributed by atoms with van der Waals surface area (Å²) in [4.78, 5) is 15.6. The van der Waals surface area contributed by atoms with Gasteiger partial charge in [0, 0.05) is 5.56 Å². The number of hydrogen-bond donors (Lipinski definition) is 1. The lowest BCUT2D eigenvalue weighted by Crippen LogP contribution is -2.26. The maximum Gasteiger partial charge on any atom is 0.150 e. The zero-order chi connectivity index (χ0) is 9.97. The minimum Gasteiger partial charge on any atom is -0.392 e. The third-order valence-corrected chi connectivity index (χ3v) is 1.90. The van der Waals surface area contributed by atoms with Gasteiger partial charge in [-0.3, -0.25) is 4.79 Å². The van der Waals surface area contributed by atoms with Crippen LogP contribution in [-0.2, 0) is 4.84 Å². The van der Waals surface area contributed by atoms with E-state index < -0.39 is 0 Å². The summed E-state index contributed by atoms with van der Waals surface area (Å²) in [5.41, 5.74) is 4.21. The number of nitrogens with zero attached hydrogens (tertiary/aromatic N) is 1. The Hall–Kier alpha value is -1.81. The Balaban J connectivity index is 2.28. The molecule has 1 aromatic carbocycles. The van der Waals surface area contributed by atoms with Crippen molar-refractivity contribution in [1.29, 1.82) is 0 Å². The molecule has 0 bridgehead atoms. The largest absolute Gasteiger partial charge is 0.392 e. The second kappa shape index (κ2) is 3.51. The van der Waals surface area contributed by atoms with Crippen LogP contribution < -0.4 is 10.6 Å². The number of hydrogen-bond acceptors (Lipinski definition) is 4. The highest BCUT2D eigenvalue weighted by atomic mass is 16.7. The lowest BCUT2D eigenvalue weighted by molar-refractivity contribution is 0.112. The van der Waals surface area contributed by atoms with E-state index in [4.69, 9.17) is 4.84 Å². The van der Waals surface area contributed by atoms with E-state index in [1.54, 1.807) is 17.1 Å². The summed E-state index contributed by atoms with van der Waals surface area (Å²) in [7, 11) is 0. The minimum atomic E-state index is 0.641. The fourth-order valence-corrected chi connectivity index (χ4v) is 1.23. The molecule has 1 N–H and O–H groups in total. The van der Waals surface area contributed by atoms with Gasteiger partial charge in [0.15, 0.2) is 0 Å². The summed E-state index contributed by atoms with van der Waals surface area (Å²) >= 11 is 0. The number of anilines is 1. The van der Waals surface area contributed by atoms with E-state index in [1.165, 1.54) is 0 Å². The first-order valence-corrected chi connectivity index (χ1v) is 4.25. The lowest BCUT2D eigenvalue weighted by Gasteiger charge is -2.13. The van der Waals surface area contributed by atoms with Gasteiger partial charge in [-0.1, -0.05) is 17.7 Å². The van der Waals surface area contributed by atoms with E-state index in [1.807, 2.05) is 25.3 Å². The van der Waals surface area contributed by atoms with Crippen molar-refractivity contribution in [2.24, 2.45) is 0 Å². The monoisotopic (exact) mass is 190 g/mol. The Bertz CT molecular complexity index is 387. The van der Waals surface area contributed by atoms with Gasteiger partial charge in [-0.05, 0) is 19.1 Å². The molecule has 2 rings (SSSR count). The number of aldehydes is 1. The van der Waals surface area contributed by atoms with E-state index in [-0.39, 0.29) is 0 Å². The van der Waals surface area contributed by atoms with Crippen LogP contribution in [0.4, 0.5) is 5.69 Å². The normalized spacial score (nSPS) is 14.9. The van der Waals surface area contributed by atoms with E-state index in [2.05, 4.69) is 5.59 Å². The van der Waals surface area contributed by atoms with Gasteiger partial charge in [-0.15, -0.1) is 0 Å². The number of carbonyl (C=O) groups excluding carboxylic acids is 1. The van der Waals surface area contributed by atoms with Crippen LogP contribution in [0.5, 0.6) is 0 Å². The van der Waals surface area contributed by atoms with E-state index in [0.29, 0.717) is 5.56 Å². The van der Waals surface area contributed by atoms with Crippen LogP contribution in [0, 0.1) is 0 Å². The summed E-state index contributed by atoms with van der Waals surface area (Å²) in [6, 6.07) is 7.24. The predicted molar refractivity (Wildman–Crippen MR) is 52.3 cm³/mol. The van der Waals surface area contributed by atoms with Crippen molar-refractivity contribution < 1.29 is 9.63 Å². The first-order valence-electron chi connectivity index (χ1n) is 4.25. The van der Waals surface area contributed by atoms with Gasteiger partial charge in [0.1, 0.15) is 12.0 Å². The second-order valence-electron chi connectivity index (χ2n) is 3.02. The molecule has 0 unspecified atom stereocenters. The van der Waals surface area contributed by atoms with Crippen molar-refractivity contribution in [2.45, 2.75) is 6.92 Å². The Morgan fingerprint density at radius 3 is 3.00 bits per heavy atom. The standard InChI is InChI=1S/C10H10N2O2/c1-8-6-12(11-14-8)10-4-2-3-9(5-10)7-13/h2-7,11H,1H3. The Labute approximate surface area is 81.7 Å². The molecule has 0 radical (unpaired) electrons. The molecule has 0 saturated heterocycles. The molecule has 0 amide bonds. The van der Waals surface area contributed by atoms with Crippen molar-refractivity contribution in [1.82, 2.24) is 5.59 Å². The van der Waals surface area contributed by atoms with E-state index in [0.717, 1.165) is 17.7 Å². The third-order valence-electron chi connectivity index (χ3n) is 1.90. The summed E-state index contributed by atoms with van der Waals surface area (Å²) in [6.07, 6.45) is 2.63. The van der Waals surface area contributed by atoms with Gasteiger partial charge >= 0.3 is 0 Å². The highest BCUT2D eigenvalue weighted by Crippen LogP contribution is 2.18. The van der Waals surface area contributed by atoms with Gasteiger partial charge in [-0.2, -0.15) is 0 Å². The molecule has 0 spiro atoms. The average Bonchev–Trinajstić information content (AvgIpc) is 2.65. The molecule has 1 aliphatic rings. The van der Waals surface area contributed by atoms with Crippen LogP contribution in [-0.4, -0.2) is 6.29 Å². The van der Waals surface area contributed by atoms with Crippen molar-refractivity contribution in [3.05, 3.63) is 41.8 Å². The van der Waals surface area contributed by atoms with Crippen LogP contribution in [0.25, 0.3) is 0 Å². The number of benzene rings is 1.